The number of aryl methyl sites for hydroxylation is 1. The Balaban J connectivity index is 2.13. The van der Waals surface area contributed by atoms with E-state index >= 15 is 0 Å². The fourth-order valence-electron chi connectivity index (χ4n) is 1.66. The van der Waals surface area contributed by atoms with Crippen molar-refractivity contribution in [1.82, 2.24) is 9.55 Å². The lowest BCUT2D eigenvalue weighted by Crippen LogP contribution is -2.13. The molecule has 0 saturated carbocycles. The monoisotopic (exact) mass is 322 g/mol. The first-order valence-corrected chi connectivity index (χ1v) is 6.69. The van der Waals surface area contributed by atoms with Gasteiger partial charge in [0.1, 0.15) is 5.69 Å². The number of carbonyl (C=O) groups is 1. The van der Waals surface area contributed by atoms with Crippen molar-refractivity contribution < 1.29 is 4.79 Å². The third kappa shape index (κ3) is 3.42. The summed E-state index contributed by atoms with van der Waals surface area (Å²) in [6.07, 6.45) is 3.30. The summed E-state index contributed by atoms with van der Waals surface area (Å²) in [5, 5.41) is 2.85. The molecule has 0 saturated heterocycles. The number of benzene rings is 1. The molecule has 19 heavy (non-hydrogen) atoms. The molecule has 3 N–H and O–H groups in total. The van der Waals surface area contributed by atoms with Gasteiger partial charge in [-0.25, -0.2) is 4.98 Å². The Hall–Kier alpha value is -1.66. The molecule has 1 heterocycles. The van der Waals surface area contributed by atoms with Gasteiger partial charge in [0.25, 0.3) is 5.91 Å². The van der Waals surface area contributed by atoms with E-state index in [1.165, 1.54) is 0 Å². The standard InChI is InChI=1S/C13H15BrN4O/c1-9-2-3-10(14)6-11(9)17-13(19)12-7-18(5-4-15)8-16-12/h2-3,6-8H,4-5,15H2,1H3,(H,17,19). The topological polar surface area (TPSA) is 72.9 Å². The number of anilines is 1. The highest BCUT2D eigenvalue weighted by Gasteiger charge is 2.11. The first-order valence-electron chi connectivity index (χ1n) is 5.89. The molecule has 1 aromatic heterocycles. The Labute approximate surface area is 120 Å². The normalized spacial score (nSPS) is 10.5. The van der Waals surface area contributed by atoms with Gasteiger partial charge in [0, 0.05) is 29.4 Å². The maximum Gasteiger partial charge on any atom is 0.275 e. The average molecular weight is 323 g/mol. The highest BCUT2D eigenvalue weighted by atomic mass is 79.9. The van der Waals surface area contributed by atoms with Gasteiger partial charge < -0.3 is 15.6 Å². The fraction of sp³-hybridized carbons (Fsp3) is 0.231. The summed E-state index contributed by atoms with van der Waals surface area (Å²) in [5.74, 6) is -0.225. The second-order valence-corrected chi connectivity index (χ2v) is 5.11. The molecule has 0 unspecified atom stereocenters. The minimum absolute atomic E-state index is 0.225. The number of aromatic nitrogens is 2. The van der Waals surface area contributed by atoms with Crippen LogP contribution in [0.25, 0.3) is 0 Å². The molecule has 0 aliphatic carbocycles. The number of nitrogens with two attached hydrogens (primary N) is 1. The van der Waals surface area contributed by atoms with E-state index in [2.05, 4.69) is 26.2 Å². The van der Waals surface area contributed by atoms with Gasteiger partial charge in [-0.1, -0.05) is 22.0 Å². The van der Waals surface area contributed by atoms with Gasteiger partial charge in [-0.15, -0.1) is 0 Å². The molecule has 6 heteroatoms. The van der Waals surface area contributed by atoms with E-state index in [4.69, 9.17) is 5.73 Å². The summed E-state index contributed by atoms with van der Waals surface area (Å²) in [6.45, 7) is 3.10. The molecular formula is C13H15BrN4O. The summed E-state index contributed by atoms with van der Waals surface area (Å²) < 4.78 is 2.71. The van der Waals surface area contributed by atoms with E-state index in [1.54, 1.807) is 17.1 Å². The number of rotatable bonds is 4. The van der Waals surface area contributed by atoms with Crippen molar-refractivity contribution in [2.45, 2.75) is 13.5 Å². The van der Waals surface area contributed by atoms with Crippen LogP contribution in [0.1, 0.15) is 16.1 Å². The molecule has 0 fully saturated rings. The van der Waals surface area contributed by atoms with Crippen LogP contribution >= 0.6 is 15.9 Å². The van der Waals surface area contributed by atoms with Crippen molar-refractivity contribution in [2.75, 3.05) is 11.9 Å². The molecule has 0 spiro atoms. The lowest BCUT2D eigenvalue weighted by Gasteiger charge is -2.07. The summed E-state index contributed by atoms with van der Waals surface area (Å²) in [4.78, 5) is 16.1. The van der Waals surface area contributed by atoms with Crippen LogP contribution in [0.15, 0.2) is 35.2 Å². The van der Waals surface area contributed by atoms with Crippen molar-refractivity contribution in [2.24, 2.45) is 5.73 Å². The smallest absolute Gasteiger partial charge is 0.275 e. The molecule has 0 bridgehead atoms. The molecule has 0 aliphatic rings. The van der Waals surface area contributed by atoms with Gasteiger partial charge in [0.15, 0.2) is 0 Å². The Morgan fingerprint density at radius 3 is 3.05 bits per heavy atom. The van der Waals surface area contributed by atoms with Crippen LogP contribution < -0.4 is 11.1 Å². The van der Waals surface area contributed by atoms with E-state index in [9.17, 15) is 4.79 Å². The SMILES string of the molecule is Cc1ccc(Br)cc1NC(=O)c1cn(CCN)cn1. The lowest BCUT2D eigenvalue weighted by molar-refractivity contribution is 0.102. The van der Waals surface area contributed by atoms with Crippen molar-refractivity contribution in [1.29, 1.82) is 0 Å². The number of hydrogen-bond donors (Lipinski definition) is 2. The summed E-state index contributed by atoms with van der Waals surface area (Å²) in [5.41, 5.74) is 7.60. The minimum Gasteiger partial charge on any atom is -0.335 e. The Kier molecular flexibility index (Phi) is 4.34. The number of carbonyl (C=O) groups excluding carboxylic acids is 1. The zero-order valence-electron chi connectivity index (χ0n) is 10.6. The number of halogens is 1. The highest BCUT2D eigenvalue weighted by molar-refractivity contribution is 9.10. The van der Waals surface area contributed by atoms with Crippen LogP contribution in [0, 0.1) is 6.92 Å². The number of imidazole rings is 1. The largest absolute Gasteiger partial charge is 0.335 e. The molecule has 0 aliphatic heterocycles. The van der Waals surface area contributed by atoms with Crippen LogP contribution in [0.5, 0.6) is 0 Å². The predicted molar refractivity (Wildman–Crippen MR) is 78.1 cm³/mol. The maximum atomic E-state index is 12.1. The first kappa shape index (κ1) is 13.8. The quantitative estimate of drug-likeness (QED) is 0.906. The summed E-state index contributed by atoms with van der Waals surface area (Å²) >= 11 is 3.38. The molecule has 0 radical (unpaired) electrons. The van der Waals surface area contributed by atoms with Gasteiger partial charge in [-0.2, -0.15) is 0 Å². The first-order chi connectivity index (χ1) is 9.10. The highest BCUT2D eigenvalue weighted by Crippen LogP contribution is 2.21. The summed E-state index contributed by atoms with van der Waals surface area (Å²) in [6, 6.07) is 5.73. The van der Waals surface area contributed by atoms with Gasteiger partial charge in [-0.3, -0.25) is 4.79 Å². The second kappa shape index (κ2) is 5.99. The van der Waals surface area contributed by atoms with Crippen LogP contribution in [0.3, 0.4) is 0 Å². The van der Waals surface area contributed by atoms with E-state index in [0.717, 1.165) is 15.7 Å². The second-order valence-electron chi connectivity index (χ2n) is 4.20. The molecular weight excluding hydrogens is 308 g/mol. The Morgan fingerprint density at radius 2 is 2.32 bits per heavy atom. The third-order valence-corrected chi connectivity index (χ3v) is 3.19. The zero-order valence-corrected chi connectivity index (χ0v) is 12.1. The van der Waals surface area contributed by atoms with Gasteiger partial charge >= 0.3 is 0 Å². The zero-order chi connectivity index (χ0) is 13.8. The van der Waals surface area contributed by atoms with Crippen LogP contribution in [0.4, 0.5) is 5.69 Å². The van der Waals surface area contributed by atoms with E-state index in [0.29, 0.717) is 18.8 Å². The predicted octanol–water partition coefficient (Wildman–Crippen LogP) is 2.17. The molecule has 2 rings (SSSR count). The van der Waals surface area contributed by atoms with E-state index < -0.39 is 0 Å². The van der Waals surface area contributed by atoms with E-state index in [1.807, 2.05) is 25.1 Å². The Bertz CT molecular complexity index is 594. The minimum atomic E-state index is -0.225. The number of nitrogens with one attached hydrogen (secondary N) is 1. The molecule has 2 aromatic rings. The molecule has 0 atom stereocenters. The molecule has 1 aromatic carbocycles. The molecule has 5 nitrogen and oxygen atoms in total. The van der Waals surface area contributed by atoms with Crippen molar-refractivity contribution in [3.8, 4) is 0 Å². The van der Waals surface area contributed by atoms with Crippen LogP contribution in [-0.4, -0.2) is 22.0 Å². The van der Waals surface area contributed by atoms with Gasteiger partial charge in [0.2, 0.25) is 0 Å². The maximum absolute atomic E-state index is 12.1. The summed E-state index contributed by atoms with van der Waals surface area (Å²) in [7, 11) is 0. The van der Waals surface area contributed by atoms with Gasteiger partial charge in [0.05, 0.1) is 6.33 Å². The average Bonchev–Trinajstić information content (AvgIpc) is 2.83. The molecule has 1 amide bonds. The van der Waals surface area contributed by atoms with Crippen molar-refractivity contribution in [3.05, 3.63) is 46.5 Å². The van der Waals surface area contributed by atoms with E-state index in [-0.39, 0.29) is 5.91 Å². The molecule has 100 valence electrons. The van der Waals surface area contributed by atoms with Crippen LogP contribution in [0.2, 0.25) is 0 Å². The Morgan fingerprint density at radius 1 is 1.53 bits per heavy atom. The van der Waals surface area contributed by atoms with Gasteiger partial charge in [-0.05, 0) is 24.6 Å². The van der Waals surface area contributed by atoms with Crippen LogP contribution in [-0.2, 0) is 6.54 Å². The lowest BCUT2D eigenvalue weighted by atomic mass is 10.2. The number of amides is 1. The third-order valence-electron chi connectivity index (χ3n) is 2.70. The fourth-order valence-corrected chi connectivity index (χ4v) is 2.03. The van der Waals surface area contributed by atoms with Crippen molar-refractivity contribution >= 4 is 27.5 Å². The van der Waals surface area contributed by atoms with Crippen molar-refractivity contribution in [3.63, 3.8) is 0 Å². The number of nitrogens with zero attached hydrogens (tertiary/aromatic N) is 2. The number of hydrogen-bond acceptors (Lipinski definition) is 3.